The van der Waals surface area contributed by atoms with Gasteiger partial charge in [-0.15, -0.1) is 0 Å². The molecule has 0 aliphatic carbocycles. The lowest BCUT2D eigenvalue weighted by molar-refractivity contribution is -0.172. The van der Waals surface area contributed by atoms with Crippen LogP contribution in [0.2, 0.25) is 0 Å². The molecule has 8 heteroatoms. The average molecular weight is 497 g/mol. The number of fused-ring (bicyclic) bond motifs is 6. The van der Waals surface area contributed by atoms with Crippen LogP contribution in [0.5, 0.6) is 11.5 Å². The molecule has 186 valence electrons. The molecule has 37 heavy (non-hydrogen) atoms. The van der Waals surface area contributed by atoms with E-state index < -0.39 is 11.6 Å². The Balaban J connectivity index is 1.57. The Labute approximate surface area is 212 Å². The van der Waals surface area contributed by atoms with Crippen molar-refractivity contribution in [3.8, 4) is 34.0 Å². The average Bonchev–Trinajstić information content (AvgIpc) is 3.47. The molecule has 0 fully saturated rings. The number of pyridine rings is 2. The number of aliphatic hydroxyl groups is 1. The number of nitrogens with zero attached hydrogens (tertiary/aromatic N) is 2. The fraction of sp³-hybridized carbons (Fsp3) is 0.276. The third-order valence-electron chi connectivity index (χ3n) is 7.69. The SMILES string of the molecule is CC[C@@]1(O)C(=O)OCc2c1cc1n(c2=O)Cc2c-1nc1cc3c(cc1c2-c1cc(C)cc(C)c1)OCO3. The molecule has 0 spiro atoms. The second-order valence-corrected chi connectivity index (χ2v) is 10.0. The maximum Gasteiger partial charge on any atom is 0.343 e. The monoisotopic (exact) mass is 496 g/mol. The van der Waals surface area contributed by atoms with Crippen LogP contribution in [0, 0.1) is 13.8 Å². The summed E-state index contributed by atoms with van der Waals surface area (Å²) in [5.74, 6) is 0.544. The van der Waals surface area contributed by atoms with E-state index in [0.717, 1.165) is 33.2 Å². The standard InChI is InChI=1S/C29H24N2O6/c1-4-29(34)20-9-22-26-18(11-31(22)27(32)19(20)12-35-28(29)33)25(16-6-14(2)5-15(3)7-16)17-8-23-24(37-13-36-23)10-21(17)30-26/h5-10,34H,4,11-13H2,1-3H3/t29-/m0/s1. The van der Waals surface area contributed by atoms with E-state index in [-0.39, 0.29) is 25.4 Å². The third-order valence-corrected chi connectivity index (χ3v) is 7.69. The van der Waals surface area contributed by atoms with Gasteiger partial charge in [0.05, 0.1) is 29.0 Å². The summed E-state index contributed by atoms with van der Waals surface area (Å²) in [5.41, 5.74) is 5.54. The van der Waals surface area contributed by atoms with Gasteiger partial charge in [0, 0.05) is 22.6 Å². The number of rotatable bonds is 2. The van der Waals surface area contributed by atoms with Crippen LogP contribution >= 0.6 is 0 Å². The highest BCUT2D eigenvalue weighted by Crippen LogP contribution is 2.46. The van der Waals surface area contributed by atoms with Gasteiger partial charge in [0.25, 0.3) is 5.56 Å². The van der Waals surface area contributed by atoms with Gasteiger partial charge in [0.2, 0.25) is 6.79 Å². The minimum absolute atomic E-state index is 0.0943. The number of cyclic esters (lactones) is 1. The Hall–Kier alpha value is -4.17. The molecule has 0 saturated heterocycles. The maximum absolute atomic E-state index is 13.7. The Kier molecular flexibility index (Phi) is 4.43. The predicted molar refractivity (Wildman–Crippen MR) is 136 cm³/mol. The molecule has 7 rings (SSSR count). The number of aromatic nitrogens is 2. The molecule has 4 aromatic rings. The summed E-state index contributed by atoms with van der Waals surface area (Å²) in [6.45, 7) is 6.12. The number of hydrogen-bond donors (Lipinski definition) is 1. The lowest BCUT2D eigenvalue weighted by atomic mass is 9.86. The zero-order valence-electron chi connectivity index (χ0n) is 20.7. The molecule has 1 N–H and O–H groups in total. The quantitative estimate of drug-likeness (QED) is 0.368. The van der Waals surface area contributed by atoms with Crippen molar-refractivity contribution in [2.24, 2.45) is 0 Å². The Morgan fingerprint density at radius 1 is 0.973 bits per heavy atom. The van der Waals surface area contributed by atoms with Crippen molar-refractivity contribution in [2.75, 3.05) is 6.79 Å². The molecular weight excluding hydrogens is 472 g/mol. The van der Waals surface area contributed by atoms with Crippen LogP contribution in [0.25, 0.3) is 33.4 Å². The summed E-state index contributed by atoms with van der Waals surface area (Å²) in [6.07, 6.45) is 0.0943. The molecule has 0 radical (unpaired) electrons. The van der Waals surface area contributed by atoms with Crippen LogP contribution < -0.4 is 15.0 Å². The molecule has 0 unspecified atom stereocenters. The van der Waals surface area contributed by atoms with Crippen molar-refractivity contribution < 1.29 is 24.1 Å². The summed E-state index contributed by atoms with van der Waals surface area (Å²) in [5, 5.41) is 12.1. The van der Waals surface area contributed by atoms with Gasteiger partial charge >= 0.3 is 5.97 Å². The number of carbonyl (C=O) groups is 1. The lowest BCUT2D eigenvalue weighted by Crippen LogP contribution is -2.44. The van der Waals surface area contributed by atoms with Crippen molar-refractivity contribution in [3.63, 3.8) is 0 Å². The van der Waals surface area contributed by atoms with Gasteiger partial charge in [-0.25, -0.2) is 9.78 Å². The van der Waals surface area contributed by atoms with E-state index in [4.69, 9.17) is 19.2 Å². The molecule has 0 bridgehead atoms. The molecule has 8 nitrogen and oxygen atoms in total. The number of carbonyl (C=O) groups excluding carboxylic acids is 1. The fourth-order valence-corrected chi connectivity index (χ4v) is 5.92. The van der Waals surface area contributed by atoms with Crippen LogP contribution in [0.1, 0.15) is 41.2 Å². The topological polar surface area (TPSA) is 99.9 Å². The van der Waals surface area contributed by atoms with Crippen LogP contribution in [-0.4, -0.2) is 27.4 Å². The van der Waals surface area contributed by atoms with E-state index in [1.54, 1.807) is 17.6 Å². The minimum atomic E-state index is -1.87. The van der Waals surface area contributed by atoms with Gasteiger partial charge in [-0.3, -0.25) is 4.79 Å². The van der Waals surface area contributed by atoms with E-state index in [9.17, 15) is 14.7 Å². The molecule has 3 aliphatic rings. The Bertz CT molecular complexity index is 1730. The molecule has 2 aromatic heterocycles. The first kappa shape index (κ1) is 22.1. The van der Waals surface area contributed by atoms with E-state index >= 15 is 0 Å². The second-order valence-electron chi connectivity index (χ2n) is 10.0. The minimum Gasteiger partial charge on any atom is -0.458 e. The van der Waals surface area contributed by atoms with E-state index in [1.165, 1.54) is 0 Å². The van der Waals surface area contributed by atoms with Gasteiger partial charge in [-0.05, 0) is 43.5 Å². The van der Waals surface area contributed by atoms with Crippen molar-refractivity contribution in [3.05, 3.63) is 74.6 Å². The Morgan fingerprint density at radius 3 is 2.43 bits per heavy atom. The summed E-state index contributed by atoms with van der Waals surface area (Å²) < 4.78 is 18.2. The molecule has 1 atom stereocenters. The van der Waals surface area contributed by atoms with Gasteiger partial charge in [0.1, 0.15) is 6.61 Å². The summed E-state index contributed by atoms with van der Waals surface area (Å²) in [6, 6.07) is 11.9. The van der Waals surface area contributed by atoms with Gasteiger partial charge < -0.3 is 23.9 Å². The molecular formula is C29H24N2O6. The number of benzene rings is 2. The van der Waals surface area contributed by atoms with E-state index in [1.807, 2.05) is 12.1 Å². The largest absolute Gasteiger partial charge is 0.458 e. The molecule has 0 amide bonds. The molecule has 5 heterocycles. The number of ether oxygens (including phenoxy) is 3. The van der Waals surface area contributed by atoms with Crippen molar-refractivity contribution in [2.45, 2.75) is 45.9 Å². The second kappa shape index (κ2) is 7.43. The summed E-state index contributed by atoms with van der Waals surface area (Å²) in [4.78, 5) is 31.2. The smallest absolute Gasteiger partial charge is 0.343 e. The van der Waals surface area contributed by atoms with Gasteiger partial charge in [0.15, 0.2) is 17.1 Å². The maximum atomic E-state index is 13.7. The molecule has 2 aromatic carbocycles. The highest BCUT2D eigenvalue weighted by atomic mass is 16.7. The number of hydrogen-bond acceptors (Lipinski definition) is 7. The van der Waals surface area contributed by atoms with Gasteiger partial charge in [-0.1, -0.05) is 36.2 Å². The first-order valence-electron chi connectivity index (χ1n) is 12.3. The van der Waals surface area contributed by atoms with Crippen LogP contribution in [0.15, 0.2) is 41.2 Å². The van der Waals surface area contributed by atoms with Crippen molar-refractivity contribution in [1.29, 1.82) is 0 Å². The first-order valence-corrected chi connectivity index (χ1v) is 12.3. The Morgan fingerprint density at radius 2 is 1.70 bits per heavy atom. The van der Waals surface area contributed by atoms with E-state index in [2.05, 4.69) is 32.0 Å². The lowest BCUT2D eigenvalue weighted by Gasteiger charge is -2.31. The highest BCUT2D eigenvalue weighted by molar-refractivity contribution is 6.01. The van der Waals surface area contributed by atoms with Crippen LogP contribution in [-0.2, 0) is 28.3 Å². The highest BCUT2D eigenvalue weighted by Gasteiger charge is 2.45. The van der Waals surface area contributed by atoms with E-state index in [0.29, 0.717) is 46.1 Å². The summed E-state index contributed by atoms with van der Waals surface area (Å²) >= 11 is 0. The van der Waals surface area contributed by atoms with Crippen LogP contribution in [0.3, 0.4) is 0 Å². The number of aryl methyl sites for hydroxylation is 2. The fourth-order valence-electron chi connectivity index (χ4n) is 5.92. The van der Waals surface area contributed by atoms with Gasteiger partial charge in [-0.2, -0.15) is 0 Å². The summed E-state index contributed by atoms with van der Waals surface area (Å²) in [7, 11) is 0. The molecule has 3 aliphatic heterocycles. The molecule has 0 saturated carbocycles. The predicted octanol–water partition coefficient (Wildman–Crippen LogP) is 4.09. The third kappa shape index (κ3) is 2.96. The van der Waals surface area contributed by atoms with Crippen LogP contribution in [0.4, 0.5) is 0 Å². The number of esters is 1. The van der Waals surface area contributed by atoms with Crippen molar-refractivity contribution >= 4 is 16.9 Å². The first-order chi connectivity index (χ1) is 17.8. The normalized spacial score (nSPS) is 19.0. The van der Waals surface area contributed by atoms with Crippen molar-refractivity contribution in [1.82, 2.24) is 9.55 Å². The zero-order valence-corrected chi connectivity index (χ0v) is 20.7. The zero-order chi connectivity index (χ0) is 25.6.